The summed E-state index contributed by atoms with van der Waals surface area (Å²) < 4.78 is 0. The molecule has 1 heterocycles. The molecule has 2 nitrogen and oxygen atoms in total. The van der Waals surface area contributed by atoms with Crippen molar-refractivity contribution in [2.24, 2.45) is 0 Å². The Morgan fingerprint density at radius 3 is 2.80 bits per heavy atom. The van der Waals surface area contributed by atoms with Gasteiger partial charge in [0.2, 0.25) is 0 Å². The molecule has 58 valence electrons. The second kappa shape index (κ2) is 5.09. The Kier molecular flexibility index (Phi) is 5.29. The van der Waals surface area contributed by atoms with Crippen molar-refractivity contribution in [3.63, 3.8) is 0 Å². The summed E-state index contributed by atoms with van der Waals surface area (Å²) in [6.45, 7) is 0. The van der Waals surface area contributed by atoms with E-state index in [1.807, 2.05) is 6.20 Å². The number of aromatic nitrogens is 1. The van der Waals surface area contributed by atoms with Gasteiger partial charge in [-0.1, -0.05) is 15.9 Å². The van der Waals surface area contributed by atoms with Crippen LogP contribution in [0.2, 0.25) is 0 Å². The fourth-order valence-electron chi connectivity index (χ4n) is 0.531. The standard InChI is InChI=1S/C5H7BrN2S.BrH/c6-2-1-4-3-8-5(7)9-4;/h3H,1-2H2,(H2,7,8);1H. The number of halogens is 2. The van der Waals surface area contributed by atoms with Crippen LogP contribution in [-0.4, -0.2) is 10.3 Å². The molecule has 0 aliphatic carbocycles. The molecule has 2 N–H and O–H groups in total. The monoisotopic (exact) mass is 286 g/mol. The van der Waals surface area contributed by atoms with E-state index in [1.165, 1.54) is 4.88 Å². The topological polar surface area (TPSA) is 38.9 Å². The maximum absolute atomic E-state index is 5.40. The van der Waals surface area contributed by atoms with Crippen LogP contribution in [0.3, 0.4) is 0 Å². The first-order chi connectivity index (χ1) is 4.33. The molecule has 0 amide bonds. The molecule has 0 aromatic carbocycles. The number of alkyl halides is 1. The third-order valence-electron chi connectivity index (χ3n) is 0.912. The van der Waals surface area contributed by atoms with E-state index < -0.39 is 0 Å². The first-order valence-corrected chi connectivity index (χ1v) is 4.53. The number of nitrogens with zero attached hydrogens (tertiary/aromatic N) is 1. The van der Waals surface area contributed by atoms with Gasteiger partial charge < -0.3 is 5.73 Å². The summed E-state index contributed by atoms with van der Waals surface area (Å²) >= 11 is 4.88. The first-order valence-electron chi connectivity index (χ1n) is 2.59. The van der Waals surface area contributed by atoms with Crippen LogP contribution >= 0.6 is 44.2 Å². The molecule has 0 spiro atoms. The van der Waals surface area contributed by atoms with Crippen LogP contribution in [0.4, 0.5) is 5.13 Å². The number of anilines is 1. The lowest BCUT2D eigenvalue weighted by Gasteiger charge is -1.83. The van der Waals surface area contributed by atoms with E-state index >= 15 is 0 Å². The lowest BCUT2D eigenvalue weighted by molar-refractivity contribution is 1.20. The van der Waals surface area contributed by atoms with E-state index in [1.54, 1.807) is 11.3 Å². The maximum Gasteiger partial charge on any atom is 0.180 e. The number of aryl methyl sites for hydroxylation is 1. The summed E-state index contributed by atoms with van der Waals surface area (Å²) in [6, 6.07) is 0. The Labute approximate surface area is 82.7 Å². The fourth-order valence-corrected chi connectivity index (χ4v) is 1.90. The summed E-state index contributed by atoms with van der Waals surface area (Å²) in [5.74, 6) is 0. The van der Waals surface area contributed by atoms with Gasteiger partial charge in [-0.3, -0.25) is 0 Å². The van der Waals surface area contributed by atoms with Crippen LogP contribution in [0.1, 0.15) is 4.88 Å². The summed E-state index contributed by atoms with van der Waals surface area (Å²) in [6.07, 6.45) is 2.84. The van der Waals surface area contributed by atoms with Crippen LogP contribution in [-0.2, 0) is 6.42 Å². The normalized spacial score (nSPS) is 8.90. The minimum absolute atomic E-state index is 0. The van der Waals surface area contributed by atoms with Gasteiger partial charge in [0.25, 0.3) is 0 Å². The Balaban J connectivity index is 0.000000810. The number of hydrogen-bond acceptors (Lipinski definition) is 3. The van der Waals surface area contributed by atoms with Crippen molar-refractivity contribution >= 4 is 49.4 Å². The molecular formula is C5H8Br2N2S. The fraction of sp³-hybridized carbons (Fsp3) is 0.400. The van der Waals surface area contributed by atoms with Crippen molar-refractivity contribution in [1.82, 2.24) is 4.98 Å². The van der Waals surface area contributed by atoms with Gasteiger partial charge in [0, 0.05) is 16.4 Å². The summed E-state index contributed by atoms with van der Waals surface area (Å²) in [7, 11) is 0. The molecule has 0 aliphatic rings. The van der Waals surface area contributed by atoms with Crippen molar-refractivity contribution in [2.75, 3.05) is 11.1 Å². The molecule has 0 bridgehead atoms. The molecule has 0 aliphatic heterocycles. The molecule has 5 heteroatoms. The van der Waals surface area contributed by atoms with E-state index in [0.29, 0.717) is 5.13 Å². The van der Waals surface area contributed by atoms with E-state index in [2.05, 4.69) is 20.9 Å². The minimum atomic E-state index is 0. The van der Waals surface area contributed by atoms with E-state index in [0.717, 1.165) is 11.8 Å². The zero-order valence-electron chi connectivity index (χ0n) is 5.21. The van der Waals surface area contributed by atoms with Gasteiger partial charge in [0.05, 0.1) is 0 Å². The van der Waals surface area contributed by atoms with Crippen LogP contribution in [0.15, 0.2) is 6.20 Å². The Morgan fingerprint density at radius 2 is 2.40 bits per heavy atom. The number of rotatable bonds is 2. The van der Waals surface area contributed by atoms with Gasteiger partial charge in [-0.2, -0.15) is 0 Å². The Morgan fingerprint density at radius 1 is 1.70 bits per heavy atom. The zero-order valence-corrected chi connectivity index (χ0v) is 9.33. The largest absolute Gasteiger partial charge is 0.375 e. The highest BCUT2D eigenvalue weighted by Gasteiger charge is 1.95. The highest BCUT2D eigenvalue weighted by Crippen LogP contribution is 2.14. The zero-order chi connectivity index (χ0) is 6.69. The highest BCUT2D eigenvalue weighted by molar-refractivity contribution is 9.09. The Bertz CT molecular complexity index is 190. The second-order valence-corrected chi connectivity index (χ2v) is 3.54. The number of thiazole rings is 1. The number of nitrogens with two attached hydrogens (primary N) is 1. The molecule has 0 unspecified atom stereocenters. The van der Waals surface area contributed by atoms with E-state index in [-0.39, 0.29) is 17.0 Å². The lowest BCUT2D eigenvalue weighted by atomic mass is 10.4. The molecule has 0 saturated carbocycles. The summed E-state index contributed by atoms with van der Waals surface area (Å²) in [5.41, 5.74) is 5.40. The quantitative estimate of drug-likeness (QED) is 0.848. The molecule has 1 rings (SSSR count). The maximum atomic E-state index is 5.40. The average Bonchev–Trinajstić information content (AvgIpc) is 2.17. The van der Waals surface area contributed by atoms with E-state index in [4.69, 9.17) is 5.73 Å². The predicted molar refractivity (Wildman–Crippen MR) is 54.3 cm³/mol. The van der Waals surface area contributed by atoms with Crippen LogP contribution in [0.5, 0.6) is 0 Å². The molecule has 10 heavy (non-hydrogen) atoms. The second-order valence-electron chi connectivity index (χ2n) is 1.60. The summed E-state index contributed by atoms with van der Waals surface area (Å²) in [5, 5.41) is 1.64. The summed E-state index contributed by atoms with van der Waals surface area (Å²) in [4.78, 5) is 5.15. The number of nitrogen functional groups attached to an aromatic ring is 1. The lowest BCUT2D eigenvalue weighted by Crippen LogP contribution is -1.77. The van der Waals surface area contributed by atoms with Crippen molar-refractivity contribution in [3.8, 4) is 0 Å². The molecule has 1 aromatic heterocycles. The van der Waals surface area contributed by atoms with Crippen molar-refractivity contribution in [3.05, 3.63) is 11.1 Å². The van der Waals surface area contributed by atoms with Crippen molar-refractivity contribution in [2.45, 2.75) is 6.42 Å². The molecular weight excluding hydrogens is 280 g/mol. The van der Waals surface area contributed by atoms with Gasteiger partial charge in [-0.05, 0) is 6.42 Å². The van der Waals surface area contributed by atoms with Gasteiger partial charge in [-0.15, -0.1) is 28.3 Å². The van der Waals surface area contributed by atoms with Gasteiger partial charge in [0.15, 0.2) is 5.13 Å². The highest BCUT2D eigenvalue weighted by atomic mass is 79.9. The van der Waals surface area contributed by atoms with Gasteiger partial charge in [0.1, 0.15) is 0 Å². The average molecular weight is 288 g/mol. The number of hydrogen-bond donors (Lipinski definition) is 1. The van der Waals surface area contributed by atoms with E-state index in [9.17, 15) is 0 Å². The van der Waals surface area contributed by atoms with Crippen molar-refractivity contribution < 1.29 is 0 Å². The molecule has 0 fully saturated rings. The van der Waals surface area contributed by atoms with Crippen molar-refractivity contribution in [1.29, 1.82) is 0 Å². The van der Waals surface area contributed by atoms with Gasteiger partial charge >= 0.3 is 0 Å². The van der Waals surface area contributed by atoms with Crippen LogP contribution in [0.25, 0.3) is 0 Å². The molecule has 0 radical (unpaired) electrons. The predicted octanol–water partition coefficient (Wildman–Crippen LogP) is 2.24. The Hall–Kier alpha value is 0.390. The molecule has 0 atom stereocenters. The van der Waals surface area contributed by atoms with Gasteiger partial charge in [-0.25, -0.2) is 4.98 Å². The molecule has 0 saturated heterocycles. The molecule has 1 aromatic rings. The van der Waals surface area contributed by atoms with Crippen LogP contribution in [0, 0.1) is 0 Å². The van der Waals surface area contributed by atoms with Crippen LogP contribution < -0.4 is 5.73 Å². The SMILES string of the molecule is Br.Nc1ncc(CCBr)s1. The third kappa shape index (κ3) is 2.98. The third-order valence-corrected chi connectivity index (χ3v) is 2.20. The smallest absolute Gasteiger partial charge is 0.180 e. The minimum Gasteiger partial charge on any atom is -0.375 e. The first kappa shape index (κ1) is 10.4.